The van der Waals surface area contributed by atoms with E-state index in [-0.39, 0.29) is 12.4 Å². The molecule has 3 nitrogen and oxygen atoms in total. The van der Waals surface area contributed by atoms with Crippen molar-refractivity contribution in [3.05, 3.63) is 71.3 Å². The van der Waals surface area contributed by atoms with Gasteiger partial charge in [0.2, 0.25) is 0 Å². The molecule has 0 amide bonds. The van der Waals surface area contributed by atoms with Crippen molar-refractivity contribution < 1.29 is 36.8 Å². The van der Waals surface area contributed by atoms with Crippen LogP contribution in [0, 0.1) is 11.6 Å². The van der Waals surface area contributed by atoms with Crippen molar-refractivity contribution in [3.8, 4) is 0 Å². The Morgan fingerprint density at radius 2 is 1.24 bits per heavy atom. The lowest BCUT2D eigenvalue weighted by molar-refractivity contribution is -0.411. The number of carbonyl (C=O) groups is 1. The number of carboxylic acid groups (broad SMARTS) is 1. The highest BCUT2D eigenvalue weighted by molar-refractivity contribution is 5.74. The Bertz CT molecular complexity index is 557. The van der Waals surface area contributed by atoms with Crippen LogP contribution in [0.25, 0.3) is 0 Å². The van der Waals surface area contributed by atoms with Gasteiger partial charge >= 0.3 is 5.97 Å². The lowest BCUT2D eigenvalue weighted by Gasteiger charge is -2.19. The van der Waals surface area contributed by atoms with E-state index in [0.29, 0.717) is 11.1 Å². The van der Waals surface area contributed by atoms with Gasteiger partial charge in [0.15, 0.2) is 6.04 Å². The molecular formula is C15H14ClF2NO2. The van der Waals surface area contributed by atoms with Crippen molar-refractivity contribution in [2.75, 3.05) is 0 Å². The number of benzene rings is 2. The summed E-state index contributed by atoms with van der Waals surface area (Å²) < 4.78 is 26.0. The predicted octanol–water partition coefficient (Wildman–Crippen LogP) is -1.20. The maximum absolute atomic E-state index is 13.0. The Kier molecular flexibility index (Phi) is 5.81. The highest BCUT2D eigenvalue weighted by atomic mass is 35.5. The van der Waals surface area contributed by atoms with Crippen molar-refractivity contribution in [3.63, 3.8) is 0 Å². The zero-order valence-electron chi connectivity index (χ0n) is 11.0. The van der Waals surface area contributed by atoms with Gasteiger partial charge in [0.25, 0.3) is 0 Å². The second-order valence-electron chi connectivity index (χ2n) is 4.53. The average molecular weight is 314 g/mol. The normalized spacial score (nSPS) is 11.8. The minimum absolute atomic E-state index is 0. The first kappa shape index (κ1) is 17.1. The molecule has 1 atom stereocenters. The summed E-state index contributed by atoms with van der Waals surface area (Å²) in [5.41, 5.74) is 4.90. The number of carboxylic acids is 1. The Balaban J connectivity index is 0.00000220. The van der Waals surface area contributed by atoms with Crippen LogP contribution in [0.4, 0.5) is 8.78 Å². The lowest BCUT2D eigenvalue weighted by Crippen LogP contribution is -3.00. The van der Waals surface area contributed by atoms with E-state index in [2.05, 4.69) is 5.73 Å². The van der Waals surface area contributed by atoms with Gasteiger partial charge in [-0.05, 0) is 35.4 Å². The number of aliphatic carboxylic acids is 1. The van der Waals surface area contributed by atoms with Crippen molar-refractivity contribution in [2.24, 2.45) is 0 Å². The Labute approximate surface area is 126 Å². The molecule has 0 heterocycles. The summed E-state index contributed by atoms with van der Waals surface area (Å²) in [5, 5.41) is 9.17. The van der Waals surface area contributed by atoms with Crippen LogP contribution in [0.3, 0.4) is 0 Å². The molecule has 6 heteroatoms. The van der Waals surface area contributed by atoms with Gasteiger partial charge in [0.05, 0.1) is 5.92 Å². The Morgan fingerprint density at radius 3 is 1.52 bits per heavy atom. The Hall–Kier alpha value is -1.98. The topological polar surface area (TPSA) is 64.9 Å². The molecule has 21 heavy (non-hydrogen) atoms. The van der Waals surface area contributed by atoms with Gasteiger partial charge in [-0.3, -0.25) is 0 Å². The maximum Gasteiger partial charge on any atom is 0.363 e. The van der Waals surface area contributed by atoms with Crippen molar-refractivity contribution >= 4 is 5.97 Å². The molecule has 2 rings (SSSR count). The summed E-state index contributed by atoms with van der Waals surface area (Å²) in [4.78, 5) is 11.2. The van der Waals surface area contributed by atoms with Crippen LogP contribution >= 0.6 is 0 Å². The molecule has 0 aromatic heterocycles. The van der Waals surface area contributed by atoms with Crippen LogP contribution in [0.5, 0.6) is 0 Å². The largest absolute Gasteiger partial charge is 1.00 e. The van der Waals surface area contributed by atoms with E-state index in [1.165, 1.54) is 48.5 Å². The molecule has 2 aromatic rings. The molecule has 112 valence electrons. The van der Waals surface area contributed by atoms with Gasteiger partial charge in [-0.1, -0.05) is 24.3 Å². The first-order chi connectivity index (χ1) is 9.49. The molecule has 0 unspecified atom stereocenters. The third-order valence-electron chi connectivity index (χ3n) is 3.18. The molecule has 0 spiro atoms. The molecule has 2 aromatic carbocycles. The number of hydrogen-bond acceptors (Lipinski definition) is 1. The average Bonchev–Trinajstić information content (AvgIpc) is 2.43. The molecule has 0 aliphatic heterocycles. The summed E-state index contributed by atoms with van der Waals surface area (Å²) in [6, 6.07) is 10.2. The smallest absolute Gasteiger partial charge is 0.363 e. The molecule has 0 saturated heterocycles. The minimum Gasteiger partial charge on any atom is -1.00 e. The molecule has 0 saturated carbocycles. The highest BCUT2D eigenvalue weighted by Gasteiger charge is 2.30. The molecule has 0 aliphatic rings. The molecule has 0 aliphatic carbocycles. The third-order valence-corrected chi connectivity index (χ3v) is 3.18. The van der Waals surface area contributed by atoms with Crippen LogP contribution < -0.4 is 18.1 Å². The van der Waals surface area contributed by atoms with Gasteiger partial charge < -0.3 is 23.2 Å². The lowest BCUT2D eigenvalue weighted by atomic mass is 9.85. The van der Waals surface area contributed by atoms with Crippen LogP contribution in [-0.2, 0) is 4.79 Å². The van der Waals surface area contributed by atoms with Gasteiger partial charge in [-0.2, -0.15) is 0 Å². The van der Waals surface area contributed by atoms with Crippen molar-refractivity contribution in [1.29, 1.82) is 0 Å². The SMILES string of the molecule is [Cl-].[NH3+][C@H](C(=O)O)C(c1ccc(F)cc1)c1ccc(F)cc1. The fourth-order valence-corrected chi connectivity index (χ4v) is 2.14. The second-order valence-corrected chi connectivity index (χ2v) is 4.53. The van der Waals surface area contributed by atoms with E-state index in [1.54, 1.807) is 0 Å². The van der Waals surface area contributed by atoms with Crippen molar-refractivity contribution in [1.82, 2.24) is 0 Å². The number of rotatable bonds is 4. The zero-order chi connectivity index (χ0) is 14.7. The van der Waals surface area contributed by atoms with Gasteiger partial charge in [0, 0.05) is 0 Å². The van der Waals surface area contributed by atoms with E-state index in [1.807, 2.05) is 0 Å². The van der Waals surface area contributed by atoms with Gasteiger partial charge in [0.1, 0.15) is 11.6 Å². The first-order valence-electron chi connectivity index (χ1n) is 6.06. The highest BCUT2D eigenvalue weighted by Crippen LogP contribution is 2.27. The molecule has 0 fully saturated rings. The maximum atomic E-state index is 13.0. The molecular weight excluding hydrogens is 300 g/mol. The molecule has 4 N–H and O–H groups in total. The van der Waals surface area contributed by atoms with Crippen LogP contribution in [0.1, 0.15) is 17.0 Å². The Morgan fingerprint density at radius 1 is 0.905 bits per heavy atom. The summed E-state index contributed by atoms with van der Waals surface area (Å²) >= 11 is 0. The predicted molar refractivity (Wildman–Crippen MR) is 69.0 cm³/mol. The zero-order valence-corrected chi connectivity index (χ0v) is 11.7. The number of quaternary nitrogens is 1. The van der Waals surface area contributed by atoms with Crippen LogP contribution in [0.15, 0.2) is 48.5 Å². The fourth-order valence-electron chi connectivity index (χ4n) is 2.14. The van der Waals surface area contributed by atoms with E-state index in [9.17, 15) is 18.7 Å². The number of hydrogen-bond donors (Lipinski definition) is 2. The van der Waals surface area contributed by atoms with E-state index in [4.69, 9.17) is 0 Å². The fraction of sp³-hybridized carbons (Fsp3) is 0.133. The summed E-state index contributed by atoms with van der Waals surface area (Å²) in [6.07, 6.45) is 0. The second kappa shape index (κ2) is 7.15. The quantitative estimate of drug-likeness (QED) is 0.744. The standard InChI is InChI=1S/C15H13F2NO2.ClH/c16-11-5-1-9(2-6-11)13(14(18)15(19)20)10-3-7-12(17)8-4-10;/h1-8,13-14H,18H2,(H,19,20);1H/t14-;/m0./s1. The number of halogens is 3. The van der Waals surface area contributed by atoms with Gasteiger partial charge in [-0.15, -0.1) is 0 Å². The van der Waals surface area contributed by atoms with Gasteiger partial charge in [-0.25, -0.2) is 13.6 Å². The van der Waals surface area contributed by atoms with E-state index in [0.717, 1.165) is 0 Å². The molecule has 0 bridgehead atoms. The third kappa shape index (κ3) is 4.00. The van der Waals surface area contributed by atoms with E-state index >= 15 is 0 Å². The van der Waals surface area contributed by atoms with E-state index < -0.39 is 29.6 Å². The summed E-state index contributed by atoms with van der Waals surface area (Å²) in [5.74, 6) is -2.43. The first-order valence-corrected chi connectivity index (χ1v) is 6.06. The van der Waals surface area contributed by atoms with Crippen LogP contribution in [0.2, 0.25) is 0 Å². The summed E-state index contributed by atoms with van der Waals surface area (Å²) in [7, 11) is 0. The molecule has 0 radical (unpaired) electrons. The monoisotopic (exact) mass is 313 g/mol. The van der Waals surface area contributed by atoms with Crippen molar-refractivity contribution in [2.45, 2.75) is 12.0 Å². The minimum atomic E-state index is -1.07. The van der Waals surface area contributed by atoms with Crippen LogP contribution in [-0.4, -0.2) is 17.1 Å². The summed E-state index contributed by atoms with van der Waals surface area (Å²) in [6.45, 7) is 0.